The van der Waals surface area contributed by atoms with E-state index in [0.29, 0.717) is 23.1 Å². The molecule has 1 heterocycles. The molecule has 0 radical (unpaired) electrons. The Hall–Kier alpha value is -2.79. The number of nitrogens with one attached hydrogen (secondary N) is 1. The Bertz CT molecular complexity index is 828. The Morgan fingerprint density at radius 2 is 1.91 bits per heavy atom. The van der Waals surface area contributed by atoms with Crippen LogP contribution in [-0.2, 0) is 6.54 Å². The molecule has 3 N–H and O–H groups in total. The Balaban J connectivity index is 1.69. The van der Waals surface area contributed by atoms with Crippen LogP contribution in [0.2, 0.25) is 5.02 Å². The topological polar surface area (TPSA) is 81.1 Å². The van der Waals surface area contributed by atoms with E-state index in [1.165, 1.54) is 6.26 Å². The van der Waals surface area contributed by atoms with Crippen molar-refractivity contribution in [2.45, 2.75) is 6.54 Å². The first-order valence-corrected chi connectivity index (χ1v) is 7.34. The van der Waals surface area contributed by atoms with E-state index in [0.717, 1.165) is 11.1 Å². The summed E-state index contributed by atoms with van der Waals surface area (Å²) in [5.41, 5.74) is 8.09. The first-order valence-electron chi connectivity index (χ1n) is 6.96. The fourth-order valence-electron chi connectivity index (χ4n) is 2.04. The maximum Gasteiger partial charge on any atom is 0.273 e. The predicted molar refractivity (Wildman–Crippen MR) is 89.0 cm³/mol. The van der Waals surface area contributed by atoms with Crippen LogP contribution in [-0.4, -0.2) is 10.9 Å². The average molecular weight is 328 g/mol. The second-order valence-electron chi connectivity index (χ2n) is 4.93. The van der Waals surface area contributed by atoms with Gasteiger partial charge in [-0.05, 0) is 35.9 Å². The van der Waals surface area contributed by atoms with E-state index in [2.05, 4.69) is 10.3 Å². The second-order valence-corrected chi connectivity index (χ2v) is 5.34. The number of halogens is 1. The monoisotopic (exact) mass is 327 g/mol. The molecular weight excluding hydrogens is 314 g/mol. The molecule has 0 aliphatic rings. The first-order chi connectivity index (χ1) is 11.1. The molecular formula is C17H14ClN3O2. The summed E-state index contributed by atoms with van der Waals surface area (Å²) in [4.78, 5) is 16.3. The molecule has 0 saturated carbocycles. The van der Waals surface area contributed by atoms with Gasteiger partial charge in [-0.3, -0.25) is 4.79 Å². The Morgan fingerprint density at radius 1 is 1.17 bits per heavy atom. The van der Waals surface area contributed by atoms with Gasteiger partial charge in [0.05, 0.1) is 0 Å². The number of nitrogens with zero attached hydrogens (tertiary/aromatic N) is 1. The lowest BCUT2D eigenvalue weighted by Crippen LogP contribution is -2.23. The molecule has 2 aromatic carbocycles. The molecule has 23 heavy (non-hydrogen) atoms. The summed E-state index contributed by atoms with van der Waals surface area (Å²) in [5.74, 6) is 0.0447. The minimum atomic E-state index is -0.324. The van der Waals surface area contributed by atoms with Crippen molar-refractivity contribution in [1.82, 2.24) is 10.3 Å². The predicted octanol–water partition coefficient (Wildman–Crippen LogP) is 3.51. The summed E-state index contributed by atoms with van der Waals surface area (Å²) in [6, 6.07) is 14.4. The molecule has 1 aromatic heterocycles. The summed E-state index contributed by atoms with van der Waals surface area (Å²) < 4.78 is 5.35. The van der Waals surface area contributed by atoms with E-state index < -0.39 is 0 Å². The van der Waals surface area contributed by atoms with Gasteiger partial charge in [-0.25, -0.2) is 4.98 Å². The molecule has 1 amide bonds. The maximum absolute atomic E-state index is 12.1. The van der Waals surface area contributed by atoms with E-state index in [4.69, 9.17) is 21.8 Å². The van der Waals surface area contributed by atoms with Crippen molar-refractivity contribution in [2.24, 2.45) is 0 Å². The third kappa shape index (κ3) is 3.52. The van der Waals surface area contributed by atoms with Crippen LogP contribution in [0.5, 0.6) is 0 Å². The maximum atomic E-state index is 12.1. The van der Waals surface area contributed by atoms with E-state index in [1.807, 2.05) is 18.2 Å². The number of aromatic nitrogens is 1. The van der Waals surface area contributed by atoms with Crippen LogP contribution in [0.3, 0.4) is 0 Å². The van der Waals surface area contributed by atoms with E-state index >= 15 is 0 Å². The van der Waals surface area contributed by atoms with Crippen LogP contribution in [0.15, 0.2) is 59.2 Å². The Morgan fingerprint density at radius 3 is 2.65 bits per heavy atom. The van der Waals surface area contributed by atoms with Crippen molar-refractivity contribution in [3.8, 4) is 11.5 Å². The van der Waals surface area contributed by atoms with Gasteiger partial charge >= 0.3 is 0 Å². The van der Waals surface area contributed by atoms with Gasteiger partial charge in [0.2, 0.25) is 5.89 Å². The highest BCUT2D eigenvalue weighted by atomic mass is 35.5. The Kier molecular flexibility index (Phi) is 4.30. The smallest absolute Gasteiger partial charge is 0.273 e. The zero-order valence-corrected chi connectivity index (χ0v) is 12.9. The molecule has 3 aromatic rings. The molecule has 116 valence electrons. The van der Waals surface area contributed by atoms with Crippen molar-refractivity contribution in [2.75, 3.05) is 5.73 Å². The molecule has 0 aliphatic heterocycles. The van der Waals surface area contributed by atoms with Crippen molar-refractivity contribution < 1.29 is 9.21 Å². The van der Waals surface area contributed by atoms with Gasteiger partial charge in [-0.2, -0.15) is 0 Å². The number of carbonyl (C=O) groups excluding carboxylic acids is 1. The van der Waals surface area contributed by atoms with Crippen LogP contribution < -0.4 is 11.1 Å². The highest BCUT2D eigenvalue weighted by molar-refractivity contribution is 6.31. The van der Waals surface area contributed by atoms with Gasteiger partial charge in [0, 0.05) is 22.8 Å². The number of hydrogen-bond donors (Lipinski definition) is 2. The first kappa shape index (κ1) is 15.1. The molecule has 0 saturated heterocycles. The van der Waals surface area contributed by atoms with Crippen LogP contribution in [0.25, 0.3) is 11.5 Å². The number of rotatable bonds is 4. The molecule has 5 nitrogen and oxygen atoms in total. The summed E-state index contributed by atoms with van der Waals surface area (Å²) in [7, 11) is 0. The van der Waals surface area contributed by atoms with Crippen molar-refractivity contribution >= 4 is 23.2 Å². The molecule has 0 unspecified atom stereocenters. The standard InChI is InChI=1S/C17H14ClN3O2/c18-14-4-2-1-3-12(14)9-20-16(22)15-10-23-17(21-15)11-5-7-13(19)8-6-11/h1-8,10H,9,19H2,(H,20,22). The van der Waals surface area contributed by atoms with Crippen LogP contribution in [0.1, 0.15) is 16.1 Å². The third-order valence-corrected chi connectivity index (χ3v) is 3.66. The highest BCUT2D eigenvalue weighted by Gasteiger charge is 2.13. The second kappa shape index (κ2) is 6.54. The minimum Gasteiger partial charge on any atom is -0.444 e. The zero-order chi connectivity index (χ0) is 16.2. The van der Waals surface area contributed by atoms with Crippen LogP contribution in [0.4, 0.5) is 5.69 Å². The van der Waals surface area contributed by atoms with Gasteiger partial charge in [0.1, 0.15) is 6.26 Å². The summed E-state index contributed by atoms with van der Waals surface area (Å²) in [6.07, 6.45) is 1.33. The minimum absolute atomic E-state index is 0.212. The number of hydrogen-bond acceptors (Lipinski definition) is 4. The van der Waals surface area contributed by atoms with Crippen molar-refractivity contribution in [3.63, 3.8) is 0 Å². The third-order valence-electron chi connectivity index (χ3n) is 3.29. The summed E-state index contributed by atoms with van der Waals surface area (Å²) >= 11 is 6.05. The zero-order valence-electron chi connectivity index (χ0n) is 12.1. The van der Waals surface area contributed by atoms with Gasteiger partial charge in [-0.1, -0.05) is 29.8 Å². The molecule has 3 rings (SSSR count). The number of carbonyl (C=O) groups is 1. The molecule has 6 heteroatoms. The van der Waals surface area contributed by atoms with E-state index in [1.54, 1.807) is 30.3 Å². The number of anilines is 1. The SMILES string of the molecule is Nc1ccc(-c2nc(C(=O)NCc3ccccc3Cl)co2)cc1. The fraction of sp³-hybridized carbons (Fsp3) is 0.0588. The van der Waals surface area contributed by atoms with Gasteiger partial charge < -0.3 is 15.5 Å². The quantitative estimate of drug-likeness (QED) is 0.718. The average Bonchev–Trinajstić information content (AvgIpc) is 3.04. The lowest BCUT2D eigenvalue weighted by Gasteiger charge is -2.04. The lowest BCUT2D eigenvalue weighted by atomic mass is 10.2. The molecule has 0 atom stereocenters. The van der Waals surface area contributed by atoms with Gasteiger partial charge in [0.15, 0.2) is 5.69 Å². The largest absolute Gasteiger partial charge is 0.444 e. The molecule has 0 spiro atoms. The van der Waals surface area contributed by atoms with E-state index in [-0.39, 0.29) is 11.6 Å². The summed E-state index contributed by atoms with van der Waals surface area (Å²) in [6.45, 7) is 0.322. The van der Waals surface area contributed by atoms with Gasteiger partial charge in [-0.15, -0.1) is 0 Å². The number of benzene rings is 2. The van der Waals surface area contributed by atoms with Crippen molar-refractivity contribution in [3.05, 3.63) is 71.1 Å². The van der Waals surface area contributed by atoms with Crippen molar-refractivity contribution in [1.29, 1.82) is 0 Å². The Labute approximate surface area is 138 Å². The number of oxazole rings is 1. The van der Waals surface area contributed by atoms with Crippen LogP contribution in [0, 0.1) is 0 Å². The fourth-order valence-corrected chi connectivity index (χ4v) is 2.25. The number of nitrogens with two attached hydrogens (primary N) is 1. The molecule has 0 fully saturated rings. The highest BCUT2D eigenvalue weighted by Crippen LogP contribution is 2.20. The molecule has 0 bridgehead atoms. The normalized spacial score (nSPS) is 10.5. The summed E-state index contributed by atoms with van der Waals surface area (Å²) in [5, 5.41) is 3.37. The van der Waals surface area contributed by atoms with Crippen LogP contribution >= 0.6 is 11.6 Å². The number of nitrogen functional groups attached to an aromatic ring is 1. The number of amides is 1. The molecule has 0 aliphatic carbocycles. The lowest BCUT2D eigenvalue weighted by molar-refractivity contribution is 0.0946. The van der Waals surface area contributed by atoms with E-state index in [9.17, 15) is 4.79 Å². The van der Waals surface area contributed by atoms with Gasteiger partial charge in [0.25, 0.3) is 5.91 Å².